The number of ether oxygens (including phenoxy) is 4. The third-order valence-electron chi connectivity index (χ3n) is 6.09. The molecule has 0 aromatic rings. The lowest BCUT2D eigenvalue weighted by molar-refractivity contribution is -0.0862. The normalized spacial score (nSPS) is 51.1. The lowest BCUT2D eigenvalue weighted by Gasteiger charge is -2.27. The van der Waals surface area contributed by atoms with Gasteiger partial charge in [-0.2, -0.15) is 0 Å². The smallest absolute Gasteiger partial charge is 0.146 e. The Kier molecular flexibility index (Phi) is 3.99. The van der Waals surface area contributed by atoms with Gasteiger partial charge in [-0.1, -0.05) is 13.8 Å². The van der Waals surface area contributed by atoms with Crippen LogP contribution in [0.15, 0.2) is 0 Å². The highest BCUT2D eigenvalue weighted by atomic mass is 16.7. The van der Waals surface area contributed by atoms with Crippen molar-refractivity contribution in [3.63, 3.8) is 0 Å². The molecule has 0 bridgehead atoms. The van der Waals surface area contributed by atoms with Gasteiger partial charge in [-0.25, -0.2) is 0 Å². The SMILES string of the molecule is CC1CC2OC2CC1COCOCC1CC2OC2CC1C. The average molecular weight is 296 g/mol. The van der Waals surface area contributed by atoms with Crippen molar-refractivity contribution in [3.05, 3.63) is 0 Å². The minimum atomic E-state index is 0.441. The summed E-state index contributed by atoms with van der Waals surface area (Å²) in [6, 6.07) is 0. The molecule has 0 radical (unpaired) electrons. The summed E-state index contributed by atoms with van der Waals surface area (Å²) < 4.78 is 22.8. The Bertz CT molecular complexity index is 340. The molecule has 2 saturated carbocycles. The summed E-state index contributed by atoms with van der Waals surface area (Å²) in [6.45, 7) is 6.73. The summed E-state index contributed by atoms with van der Waals surface area (Å²) in [6.07, 6.45) is 6.96. The molecule has 0 aromatic carbocycles. The molecule has 0 spiro atoms. The molecule has 0 amide bonds. The van der Waals surface area contributed by atoms with Gasteiger partial charge in [-0.15, -0.1) is 0 Å². The Labute approximate surface area is 127 Å². The highest BCUT2D eigenvalue weighted by molar-refractivity contribution is 4.95. The molecule has 2 saturated heterocycles. The zero-order valence-corrected chi connectivity index (χ0v) is 13.2. The van der Waals surface area contributed by atoms with Gasteiger partial charge in [0.25, 0.3) is 0 Å². The minimum absolute atomic E-state index is 0.441. The second-order valence-corrected chi connectivity index (χ2v) is 7.70. The lowest BCUT2D eigenvalue weighted by atomic mass is 9.81. The van der Waals surface area contributed by atoms with Crippen LogP contribution in [0.1, 0.15) is 39.5 Å². The first-order valence-corrected chi connectivity index (χ1v) is 8.67. The third kappa shape index (κ3) is 3.29. The zero-order valence-electron chi connectivity index (χ0n) is 13.2. The van der Waals surface area contributed by atoms with E-state index in [9.17, 15) is 0 Å². The predicted molar refractivity (Wildman–Crippen MR) is 77.9 cm³/mol. The molecule has 2 aliphatic carbocycles. The molecule has 4 rings (SSSR count). The molecule has 120 valence electrons. The van der Waals surface area contributed by atoms with Crippen molar-refractivity contribution >= 4 is 0 Å². The molecule has 2 heterocycles. The van der Waals surface area contributed by atoms with Crippen molar-refractivity contribution in [2.24, 2.45) is 23.7 Å². The van der Waals surface area contributed by atoms with E-state index in [1.165, 1.54) is 25.7 Å². The van der Waals surface area contributed by atoms with Gasteiger partial charge >= 0.3 is 0 Å². The van der Waals surface area contributed by atoms with Gasteiger partial charge in [0.1, 0.15) is 6.79 Å². The summed E-state index contributed by atoms with van der Waals surface area (Å²) in [4.78, 5) is 0. The molecule has 8 atom stereocenters. The van der Waals surface area contributed by atoms with Gasteiger partial charge in [-0.3, -0.25) is 0 Å². The fourth-order valence-corrected chi connectivity index (χ4v) is 4.29. The van der Waals surface area contributed by atoms with E-state index in [4.69, 9.17) is 18.9 Å². The first kappa shape index (κ1) is 14.4. The average Bonchev–Trinajstić information content (AvgIpc) is 3.34. The summed E-state index contributed by atoms with van der Waals surface area (Å²) in [7, 11) is 0. The van der Waals surface area contributed by atoms with Gasteiger partial charge in [0.15, 0.2) is 0 Å². The molecule has 4 fully saturated rings. The number of rotatable bonds is 6. The van der Waals surface area contributed by atoms with Crippen LogP contribution in [-0.2, 0) is 18.9 Å². The van der Waals surface area contributed by atoms with Crippen LogP contribution in [0.5, 0.6) is 0 Å². The highest BCUT2D eigenvalue weighted by Crippen LogP contribution is 2.43. The molecule has 2 aliphatic heterocycles. The zero-order chi connectivity index (χ0) is 14.4. The summed E-state index contributed by atoms with van der Waals surface area (Å²) >= 11 is 0. The maximum absolute atomic E-state index is 5.76. The highest BCUT2D eigenvalue weighted by Gasteiger charge is 2.47. The quantitative estimate of drug-likeness (QED) is 0.429. The fraction of sp³-hybridized carbons (Fsp3) is 1.00. The second-order valence-electron chi connectivity index (χ2n) is 7.70. The Morgan fingerprint density at radius 1 is 0.714 bits per heavy atom. The first-order chi connectivity index (χ1) is 10.2. The van der Waals surface area contributed by atoms with E-state index < -0.39 is 0 Å². The number of fused-ring (bicyclic) bond motifs is 2. The molecule has 0 N–H and O–H groups in total. The third-order valence-corrected chi connectivity index (χ3v) is 6.09. The maximum Gasteiger partial charge on any atom is 0.146 e. The van der Waals surface area contributed by atoms with Crippen molar-refractivity contribution in [3.8, 4) is 0 Å². The van der Waals surface area contributed by atoms with E-state index in [1.807, 2.05) is 0 Å². The van der Waals surface area contributed by atoms with E-state index in [0.29, 0.717) is 43.0 Å². The lowest BCUT2D eigenvalue weighted by Crippen LogP contribution is -2.28. The van der Waals surface area contributed by atoms with Crippen molar-refractivity contribution in [1.82, 2.24) is 0 Å². The first-order valence-electron chi connectivity index (χ1n) is 8.67. The molecular formula is C17H28O4. The molecular weight excluding hydrogens is 268 g/mol. The van der Waals surface area contributed by atoms with Gasteiger partial charge in [0.05, 0.1) is 37.6 Å². The van der Waals surface area contributed by atoms with Gasteiger partial charge in [-0.05, 0) is 49.4 Å². The van der Waals surface area contributed by atoms with Crippen LogP contribution in [0.2, 0.25) is 0 Å². The van der Waals surface area contributed by atoms with Crippen molar-refractivity contribution in [2.45, 2.75) is 63.9 Å². The fourth-order valence-electron chi connectivity index (χ4n) is 4.29. The maximum atomic E-state index is 5.76. The Morgan fingerprint density at radius 3 is 1.62 bits per heavy atom. The summed E-state index contributed by atoms with van der Waals surface area (Å²) in [5.41, 5.74) is 0. The van der Waals surface area contributed by atoms with E-state index in [-0.39, 0.29) is 0 Å². The minimum Gasteiger partial charge on any atom is -0.370 e. The largest absolute Gasteiger partial charge is 0.370 e. The van der Waals surface area contributed by atoms with Crippen LogP contribution in [-0.4, -0.2) is 44.4 Å². The monoisotopic (exact) mass is 296 g/mol. The number of hydrogen-bond acceptors (Lipinski definition) is 4. The topological polar surface area (TPSA) is 43.5 Å². The van der Waals surface area contributed by atoms with E-state index in [0.717, 1.165) is 25.0 Å². The van der Waals surface area contributed by atoms with E-state index in [1.54, 1.807) is 0 Å². The van der Waals surface area contributed by atoms with Crippen LogP contribution in [0.4, 0.5) is 0 Å². The summed E-state index contributed by atoms with van der Waals surface area (Å²) in [5.74, 6) is 2.73. The van der Waals surface area contributed by atoms with Gasteiger partial charge in [0, 0.05) is 0 Å². The van der Waals surface area contributed by atoms with Crippen molar-refractivity contribution in [2.75, 3.05) is 20.0 Å². The Morgan fingerprint density at radius 2 is 1.14 bits per heavy atom. The molecule has 4 heteroatoms. The Hall–Kier alpha value is -0.160. The second kappa shape index (κ2) is 5.80. The van der Waals surface area contributed by atoms with Crippen LogP contribution < -0.4 is 0 Å². The van der Waals surface area contributed by atoms with Crippen molar-refractivity contribution < 1.29 is 18.9 Å². The summed E-state index contributed by atoms with van der Waals surface area (Å²) in [5, 5.41) is 0. The Balaban J connectivity index is 1.10. The standard InChI is InChI=1S/C17H28O4/c1-10-3-14-16(20-14)5-12(10)7-18-9-19-8-13-6-17-15(21-17)4-11(13)2/h10-17H,3-9H2,1-2H3. The molecule has 21 heavy (non-hydrogen) atoms. The van der Waals surface area contributed by atoms with E-state index >= 15 is 0 Å². The van der Waals surface area contributed by atoms with E-state index in [2.05, 4.69) is 13.8 Å². The number of epoxide rings is 2. The van der Waals surface area contributed by atoms with Crippen molar-refractivity contribution in [1.29, 1.82) is 0 Å². The molecule has 0 aromatic heterocycles. The van der Waals surface area contributed by atoms with Crippen LogP contribution >= 0.6 is 0 Å². The van der Waals surface area contributed by atoms with Crippen LogP contribution in [0.3, 0.4) is 0 Å². The van der Waals surface area contributed by atoms with Crippen LogP contribution in [0, 0.1) is 23.7 Å². The van der Waals surface area contributed by atoms with Gasteiger partial charge < -0.3 is 18.9 Å². The number of hydrogen-bond donors (Lipinski definition) is 0. The predicted octanol–water partition coefficient (Wildman–Crippen LogP) is 2.60. The van der Waals surface area contributed by atoms with Gasteiger partial charge in [0.2, 0.25) is 0 Å². The van der Waals surface area contributed by atoms with Crippen LogP contribution in [0.25, 0.3) is 0 Å². The molecule has 4 aliphatic rings. The molecule has 4 nitrogen and oxygen atoms in total. The molecule has 8 unspecified atom stereocenters.